The largest absolute Gasteiger partial charge is 0.490 e. The van der Waals surface area contributed by atoms with Gasteiger partial charge in [-0.3, -0.25) is 9.59 Å². The van der Waals surface area contributed by atoms with Gasteiger partial charge in [-0.15, -0.1) is 0 Å². The van der Waals surface area contributed by atoms with Gasteiger partial charge in [-0.2, -0.15) is 0 Å². The van der Waals surface area contributed by atoms with E-state index in [0.29, 0.717) is 34.5 Å². The number of hydrogen-bond acceptors (Lipinski definition) is 6. The molecule has 0 fully saturated rings. The van der Waals surface area contributed by atoms with E-state index in [2.05, 4.69) is 50.5 Å². The van der Waals surface area contributed by atoms with E-state index in [0.717, 1.165) is 32.4 Å². The summed E-state index contributed by atoms with van der Waals surface area (Å²) in [6, 6.07) is 11.0. The van der Waals surface area contributed by atoms with Crippen molar-refractivity contribution in [2.75, 3.05) is 19.7 Å². The van der Waals surface area contributed by atoms with E-state index in [9.17, 15) is 9.59 Å². The number of carbonyl (C=O) groups excluding carboxylic acids is 2. The number of esters is 1. The first-order valence-corrected chi connectivity index (χ1v) is 13.1. The fourth-order valence-electron chi connectivity index (χ4n) is 3.33. The summed E-state index contributed by atoms with van der Waals surface area (Å²) >= 11 is 4.38. The van der Waals surface area contributed by atoms with E-state index in [1.54, 1.807) is 6.07 Å². The number of likely N-dealkylation sites (N-methyl/N-ethyl adjacent to an activating group) is 1. The predicted octanol–water partition coefficient (Wildman–Crippen LogP) is 5.75. The topological polar surface area (TPSA) is 77.8 Å². The van der Waals surface area contributed by atoms with Crippen molar-refractivity contribution < 1.29 is 23.5 Å². The number of benzene rings is 2. The lowest BCUT2D eigenvalue weighted by Gasteiger charge is -2.13. The number of furan rings is 1. The summed E-state index contributed by atoms with van der Waals surface area (Å²) in [4.78, 5) is 26.1. The van der Waals surface area contributed by atoms with Crippen LogP contribution in [0.25, 0.3) is 11.0 Å². The van der Waals surface area contributed by atoms with Gasteiger partial charge in [0, 0.05) is 17.5 Å². The molecule has 3 aromatic rings. The molecule has 0 saturated carbocycles. The standard InChI is InChI=1S/C25H27I2NO5/c1-4-15(3)32-22(29)14-21-23(17-8-6-7-9-20(17)33-21)24(30)16-12-18(26)25(19(27)13-16)31-11-10-28-5-2/h6-9,12-13,15,28H,4-5,10-11,14H2,1-3H3/t15-/m0/s1. The monoisotopic (exact) mass is 675 g/mol. The normalized spacial score (nSPS) is 12.0. The van der Waals surface area contributed by atoms with E-state index < -0.39 is 5.97 Å². The first-order chi connectivity index (χ1) is 15.8. The number of halogens is 2. The van der Waals surface area contributed by atoms with Crippen LogP contribution in [0.3, 0.4) is 0 Å². The molecular weight excluding hydrogens is 648 g/mol. The Morgan fingerprint density at radius 1 is 1.12 bits per heavy atom. The number of fused-ring (bicyclic) bond motifs is 1. The van der Waals surface area contributed by atoms with E-state index in [-0.39, 0.29) is 18.3 Å². The Morgan fingerprint density at radius 3 is 2.48 bits per heavy atom. The highest BCUT2D eigenvalue weighted by Gasteiger charge is 2.25. The van der Waals surface area contributed by atoms with Crippen LogP contribution in [0.1, 0.15) is 48.9 Å². The molecule has 1 aromatic heterocycles. The zero-order valence-corrected chi connectivity index (χ0v) is 23.2. The summed E-state index contributed by atoms with van der Waals surface area (Å²) in [5, 5.41) is 3.91. The molecule has 0 amide bonds. The van der Waals surface area contributed by atoms with Gasteiger partial charge >= 0.3 is 5.97 Å². The summed E-state index contributed by atoms with van der Waals surface area (Å²) in [5.41, 5.74) is 1.49. The molecule has 0 aliphatic rings. The maximum absolute atomic E-state index is 13.6. The molecule has 0 radical (unpaired) electrons. The molecule has 0 unspecified atom stereocenters. The minimum absolute atomic E-state index is 0.0973. The number of ether oxygens (including phenoxy) is 2. The van der Waals surface area contributed by atoms with Gasteiger partial charge in [-0.05, 0) is 83.3 Å². The molecule has 176 valence electrons. The van der Waals surface area contributed by atoms with Crippen LogP contribution in [0.5, 0.6) is 5.75 Å². The first kappa shape index (κ1) is 26.0. The summed E-state index contributed by atoms with van der Waals surface area (Å²) in [5.74, 6) is 0.484. The third kappa shape index (κ3) is 6.48. The molecule has 0 spiro atoms. The second-order valence-corrected chi connectivity index (χ2v) is 9.91. The van der Waals surface area contributed by atoms with Crippen LogP contribution < -0.4 is 10.1 Å². The van der Waals surface area contributed by atoms with Crippen molar-refractivity contribution in [1.29, 1.82) is 0 Å². The summed E-state index contributed by atoms with van der Waals surface area (Å²) in [6.07, 6.45) is 0.432. The van der Waals surface area contributed by atoms with Gasteiger partial charge in [0.25, 0.3) is 0 Å². The van der Waals surface area contributed by atoms with E-state index in [1.165, 1.54) is 0 Å². The summed E-state index contributed by atoms with van der Waals surface area (Å²) in [7, 11) is 0. The fourth-order valence-corrected chi connectivity index (χ4v) is 5.40. The zero-order chi connectivity index (χ0) is 24.0. The maximum Gasteiger partial charge on any atom is 0.313 e. The molecule has 0 saturated heterocycles. The Morgan fingerprint density at radius 2 is 1.82 bits per heavy atom. The number of carbonyl (C=O) groups is 2. The van der Waals surface area contributed by atoms with Crippen LogP contribution in [0.2, 0.25) is 0 Å². The summed E-state index contributed by atoms with van der Waals surface area (Å²) in [6.45, 7) is 8.02. The Kier molecular flexibility index (Phi) is 9.57. The van der Waals surface area contributed by atoms with E-state index in [4.69, 9.17) is 13.9 Å². The lowest BCUT2D eigenvalue weighted by atomic mass is 9.99. The Balaban J connectivity index is 1.93. The molecule has 1 N–H and O–H groups in total. The average molecular weight is 675 g/mol. The maximum atomic E-state index is 13.6. The van der Waals surface area contributed by atoms with Crippen molar-refractivity contribution in [1.82, 2.24) is 5.32 Å². The highest BCUT2D eigenvalue weighted by Crippen LogP contribution is 2.33. The van der Waals surface area contributed by atoms with Crippen LogP contribution in [-0.4, -0.2) is 37.6 Å². The van der Waals surface area contributed by atoms with Gasteiger partial charge in [0.2, 0.25) is 0 Å². The summed E-state index contributed by atoms with van der Waals surface area (Å²) < 4.78 is 19.0. The van der Waals surface area contributed by atoms with Crippen molar-refractivity contribution in [2.24, 2.45) is 0 Å². The average Bonchev–Trinajstić information content (AvgIpc) is 3.14. The number of nitrogens with one attached hydrogen (secondary N) is 1. The number of ketones is 1. The Bertz CT molecular complexity index is 1120. The van der Waals surface area contributed by atoms with Crippen molar-refractivity contribution in [3.63, 3.8) is 0 Å². The van der Waals surface area contributed by atoms with Gasteiger partial charge in [0.1, 0.15) is 30.1 Å². The van der Waals surface area contributed by atoms with Crippen LogP contribution >= 0.6 is 45.2 Å². The molecular formula is C25H27I2NO5. The van der Waals surface area contributed by atoms with Crippen LogP contribution in [0, 0.1) is 7.14 Å². The van der Waals surface area contributed by atoms with Crippen LogP contribution in [0.15, 0.2) is 40.8 Å². The molecule has 1 atom stereocenters. The zero-order valence-electron chi connectivity index (χ0n) is 18.9. The highest BCUT2D eigenvalue weighted by atomic mass is 127. The second kappa shape index (κ2) is 12.2. The molecule has 0 aliphatic carbocycles. The predicted molar refractivity (Wildman–Crippen MR) is 145 cm³/mol. The van der Waals surface area contributed by atoms with Gasteiger partial charge < -0.3 is 19.2 Å². The van der Waals surface area contributed by atoms with Crippen molar-refractivity contribution in [3.8, 4) is 5.75 Å². The number of rotatable bonds is 11. The molecule has 0 bridgehead atoms. The van der Waals surface area contributed by atoms with Crippen molar-refractivity contribution in [3.05, 3.63) is 60.4 Å². The molecule has 6 nitrogen and oxygen atoms in total. The molecule has 33 heavy (non-hydrogen) atoms. The lowest BCUT2D eigenvalue weighted by molar-refractivity contribution is -0.147. The molecule has 3 rings (SSSR count). The smallest absolute Gasteiger partial charge is 0.313 e. The van der Waals surface area contributed by atoms with Crippen molar-refractivity contribution >= 4 is 67.9 Å². The number of para-hydroxylation sites is 1. The second-order valence-electron chi connectivity index (χ2n) is 7.58. The van der Waals surface area contributed by atoms with Gasteiger partial charge in [-0.1, -0.05) is 32.0 Å². The van der Waals surface area contributed by atoms with Crippen molar-refractivity contribution in [2.45, 2.75) is 39.7 Å². The first-order valence-electron chi connectivity index (χ1n) is 10.9. The molecule has 8 heteroatoms. The lowest BCUT2D eigenvalue weighted by Crippen LogP contribution is -2.20. The van der Waals surface area contributed by atoms with Crippen LogP contribution in [-0.2, 0) is 16.0 Å². The minimum Gasteiger partial charge on any atom is -0.490 e. The quantitative estimate of drug-likeness (QED) is 0.121. The third-order valence-electron chi connectivity index (χ3n) is 5.14. The fraction of sp³-hybridized carbons (Fsp3) is 0.360. The molecule has 1 heterocycles. The number of hydrogen-bond donors (Lipinski definition) is 1. The molecule has 0 aliphatic heterocycles. The van der Waals surface area contributed by atoms with Gasteiger partial charge in [0.05, 0.1) is 18.8 Å². The van der Waals surface area contributed by atoms with Crippen LogP contribution in [0.4, 0.5) is 0 Å². The van der Waals surface area contributed by atoms with Gasteiger partial charge in [0.15, 0.2) is 5.78 Å². The third-order valence-corrected chi connectivity index (χ3v) is 6.75. The van der Waals surface area contributed by atoms with E-state index >= 15 is 0 Å². The minimum atomic E-state index is -0.411. The van der Waals surface area contributed by atoms with Gasteiger partial charge in [-0.25, -0.2) is 0 Å². The SMILES string of the molecule is CCNCCOc1c(I)cc(C(=O)c2c(CC(=O)O[C@@H](C)CC)oc3ccccc23)cc1I. The highest BCUT2D eigenvalue weighted by molar-refractivity contribution is 14.1. The Labute approximate surface area is 221 Å². The Hall–Kier alpha value is -1.66. The van der Waals surface area contributed by atoms with E-state index in [1.807, 2.05) is 51.1 Å². The molecule has 2 aromatic carbocycles.